The number of ether oxygens (including phenoxy) is 1. The molecule has 0 N–H and O–H groups in total. The Balaban J connectivity index is 1.97. The first kappa shape index (κ1) is 14.9. The summed E-state index contributed by atoms with van der Waals surface area (Å²) in [5.74, 6) is 1.01. The Morgan fingerprint density at radius 2 is 2.00 bits per heavy atom. The predicted octanol–water partition coefficient (Wildman–Crippen LogP) is 5.85. The standard InChI is InChI=1S/C18H18BrClO/c1-11-14(5-4-6-15(11)20)17(19)12-7-8-16-13(9-12)10-18(2,3)21-16/h4-9,17H,10H2,1-3H3. The van der Waals surface area contributed by atoms with Gasteiger partial charge in [0.15, 0.2) is 0 Å². The third-order valence-electron chi connectivity index (χ3n) is 3.96. The summed E-state index contributed by atoms with van der Waals surface area (Å²) >= 11 is 10.1. The summed E-state index contributed by atoms with van der Waals surface area (Å²) < 4.78 is 5.94. The molecule has 3 rings (SSSR count). The number of rotatable bonds is 2. The SMILES string of the molecule is Cc1c(Cl)cccc1C(Br)c1ccc2c(c1)CC(C)(C)O2. The van der Waals surface area contributed by atoms with Crippen molar-refractivity contribution < 1.29 is 4.74 Å². The van der Waals surface area contributed by atoms with Crippen LogP contribution in [0.4, 0.5) is 0 Å². The van der Waals surface area contributed by atoms with Gasteiger partial charge in [0.1, 0.15) is 11.4 Å². The summed E-state index contributed by atoms with van der Waals surface area (Å²) in [4.78, 5) is 0.144. The topological polar surface area (TPSA) is 9.23 Å². The van der Waals surface area contributed by atoms with Crippen LogP contribution in [0.1, 0.15) is 40.9 Å². The van der Waals surface area contributed by atoms with E-state index in [2.05, 4.69) is 61.0 Å². The van der Waals surface area contributed by atoms with Crippen LogP contribution >= 0.6 is 27.5 Å². The molecule has 0 radical (unpaired) electrons. The molecule has 0 saturated carbocycles. The minimum absolute atomic E-state index is 0.102. The van der Waals surface area contributed by atoms with Crippen LogP contribution in [-0.2, 0) is 6.42 Å². The average Bonchev–Trinajstić information content (AvgIpc) is 2.73. The van der Waals surface area contributed by atoms with E-state index in [1.54, 1.807) is 0 Å². The van der Waals surface area contributed by atoms with E-state index in [-0.39, 0.29) is 10.4 Å². The van der Waals surface area contributed by atoms with Gasteiger partial charge in [0.2, 0.25) is 0 Å². The summed E-state index contributed by atoms with van der Waals surface area (Å²) in [6, 6.07) is 12.5. The molecule has 21 heavy (non-hydrogen) atoms. The van der Waals surface area contributed by atoms with Gasteiger partial charge in [-0.25, -0.2) is 0 Å². The monoisotopic (exact) mass is 364 g/mol. The predicted molar refractivity (Wildman–Crippen MR) is 91.8 cm³/mol. The fraction of sp³-hybridized carbons (Fsp3) is 0.333. The first-order valence-corrected chi connectivity index (χ1v) is 8.38. The number of hydrogen-bond donors (Lipinski definition) is 0. The van der Waals surface area contributed by atoms with Gasteiger partial charge < -0.3 is 4.74 Å². The van der Waals surface area contributed by atoms with Crippen LogP contribution in [0.25, 0.3) is 0 Å². The Morgan fingerprint density at radius 1 is 1.24 bits per heavy atom. The number of halogens is 2. The van der Waals surface area contributed by atoms with Crippen LogP contribution in [0.5, 0.6) is 5.75 Å². The second kappa shape index (κ2) is 5.33. The molecule has 2 aromatic rings. The van der Waals surface area contributed by atoms with E-state index in [0.29, 0.717) is 0 Å². The van der Waals surface area contributed by atoms with Crippen molar-refractivity contribution in [2.24, 2.45) is 0 Å². The van der Waals surface area contributed by atoms with Gasteiger partial charge >= 0.3 is 0 Å². The maximum atomic E-state index is 6.24. The third-order valence-corrected chi connectivity index (χ3v) is 5.39. The van der Waals surface area contributed by atoms with E-state index in [1.807, 2.05) is 12.1 Å². The lowest BCUT2D eigenvalue weighted by Gasteiger charge is -2.16. The van der Waals surface area contributed by atoms with Gasteiger partial charge in [-0.05, 0) is 55.2 Å². The molecule has 1 aliphatic rings. The first-order chi connectivity index (χ1) is 9.87. The van der Waals surface area contributed by atoms with Crippen molar-refractivity contribution in [1.82, 2.24) is 0 Å². The number of alkyl halides is 1. The van der Waals surface area contributed by atoms with Gasteiger partial charge in [-0.3, -0.25) is 0 Å². The average molecular weight is 366 g/mol. The second-order valence-corrected chi connectivity index (χ2v) is 7.55. The highest BCUT2D eigenvalue weighted by Gasteiger charge is 2.30. The van der Waals surface area contributed by atoms with Crippen molar-refractivity contribution in [3.8, 4) is 5.75 Å². The van der Waals surface area contributed by atoms with Crippen LogP contribution in [-0.4, -0.2) is 5.60 Å². The van der Waals surface area contributed by atoms with Gasteiger partial charge in [0.05, 0.1) is 4.83 Å². The van der Waals surface area contributed by atoms with E-state index in [0.717, 1.165) is 22.8 Å². The van der Waals surface area contributed by atoms with Crippen molar-refractivity contribution in [3.05, 3.63) is 63.7 Å². The Bertz CT molecular complexity index is 694. The Labute approximate surface area is 139 Å². The zero-order chi connectivity index (χ0) is 15.2. The van der Waals surface area contributed by atoms with Gasteiger partial charge in [-0.15, -0.1) is 0 Å². The molecule has 1 heterocycles. The molecule has 0 aliphatic carbocycles. The lowest BCUT2D eigenvalue weighted by atomic mass is 9.96. The highest BCUT2D eigenvalue weighted by Crippen LogP contribution is 2.40. The van der Waals surface area contributed by atoms with E-state index >= 15 is 0 Å². The Hall–Kier alpha value is -0.990. The number of benzene rings is 2. The molecule has 0 bridgehead atoms. The number of fused-ring (bicyclic) bond motifs is 1. The molecule has 1 nitrogen and oxygen atoms in total. The molecule has 0 aromatic heterocycles. The van der Waals surface area contributed by atoms with Crippen LogP contribution in [0.15, 0.2) is 36.4 Å². The molecule has 110 valence electrons. The summed E-state index contributed by atoms with van der Waals surface area (Å²) in [5.41, 5.74) is 4.75. The summed E-state index contributed by atoms with van der Waals surface area (Å²) in [6.45, 7) is 6.31. The van der Waals surface area contributed by atoms with E-state index in [4.69, 9.17) is 16.3 Å². The normalized spacial score (nSPS) is 17.2. The second-order valence-electron chi connectivity index (χ2n) is 6.22. The summed E-state index contributed by atoms with van der Waals surface area (Å²) in [7, 11) is 0. The van der Waals surface area contributed by atoms with Crippen LogP contribution in [0.3, 0.4) is 0 Å². The van der Waals surface area contributed by atoms with Gasteiger partial charge in [0, 0.05) is 11.4 Å². The lowest BCUT2D eigenvalue weighted by molar-refractivity contribution is 0.138. The zero-order valence-corrected chi connectivity index (χ0v) is 14.8. The lowest BCUT2D eigenvalue weighted by Crippen LogP contribution is -2.24. The molecule has 1 aliphatic heterocycles. The molecule has 0 spiro atoms. The first-order valence-electron chi connectivity index (χ1n) is 7.08. The minimum atomic E-state index is -0.102. The fourth-order valence-electron chi connectivity index (χ4n) is 2.87. The maximum absolute atomic E-state index is 6.24. The molecule has 0 saturated heterocycles. The van der Waals surface area contributed by atoms with Crippen LogP contribution in [0, 0.1) is 6.92 Å². The molecular formula is C18H18BrClO. The molecule has 2 aromatic carbocycles. The smallest absolute Gasteiger partial charge is 0.123 e. The van der Waals surface area contributed by atoms with Crippen molar-refractivity contribution in [1.29, 1.82) is 0 Å². The van der Waals surface area contributed by atoms with Gasteiger partial charge in [0.25, 0.3) is 0 Å². The van der Waals surface area contributed by atoms with E-state index in [9.17, 15) is 0 Å². The van der Waals surface area contributed by atoms with Crippen molar-refractivity contribution in [3.63, 3.8) is 0 Å². The summed E-state index contributed by atoms with van der Waals surface area (Å²) in [6.07, 6.45) is 0.949. The van der Waals surface area contributed by atoms with Gasteiger partial charge in [-0.2, -0.15) is 0 Å². The molecular weight excluding hydrogens is 348 g/mol. The third kappa shape index (κ3) is 2.84. The Kier molecular flexibility index (Phi) is 3.79. The molecule has 1 unspecified atom stereocenters. The van der Waals surface area contributed by atoms with Crippen molar-refractivity contribution >= 4 is 27.5 Å². The summed E-state index contributed by atoms with van der Waals surface area (Å²) in [5, 5.41) is 0.808. The highest BCUT2D eigenvalue weighted by molar-refractivity contribution is 9.09. The zero-order valence-electron chi connectivity index (χ0n) is 12.4. The molecule has 3 heteroatoms. The largest absolute Gasteiger partial charge is 0.487 e. The molecule has 0 fully saturated rings. The van der Waals surface area contributed by atoms with Crippen LogP contribution < -0.4 is 4.74 Å². The fourth-order valence-corrected chi connectivity index (χ4v) is 3.83. The molecule has 1 atom stereocenters. The number of hydrogen-bond acceptors (Lipinski definition) is 1. The van der Waals surface area contributed by atoms with Crippen LogP contribution in [0.2, 0.25) is 5.02 Å². The maximum Gasteiger partial charge on any atom is 0.123 e. The Morgan fingerprint density at radius 3 is 2.76 bits per heavy atom. The van der Waals surface area contributed by atoms with Crippen molar-refractivity contribution in [2.75, 3.05) is 0 Å². The highest BCUT2D eigenvalue weighted by atomic mass is 79.9. The quantitative estimate of drug-likeness (QED) is 0.607. The van der Waals surface area contributed by atoms with Gasteiger partial charge in [-0.1, -0.05) is 51.8 Å². The molecule has 0 amide bonds. The van der Waals surface area contributed by atoms with E-state index in [1.165, 1.54) is 16.7 Å². The minimum Gasteiger partial charge on any atom is -0.487 e. The van der Waals surface area contributed by atoms with E-state index < -0.39 is 0 Å². The van der Waals surface area contributed by atoms with Crippen molar-refractivity contribution in [2.45, 2.75) is 37.6 Å².